The largest absolute Gasteiger partial charge is 0.366 e. The molecule has 11 atom stereocenters. The maximum atomic E-state index is 6.42. The first kappa shape index (κ1) is 21.5. The lowest BCUT2D eigenvalue weighted by atomic mass is 9.31. The van der Waals surface area contributed by atoms with Crippen LogP contribution in [0.4, 0.5) is 0 Å². The number of fused-ring (bicyclic) bond motifs is 9. The molecule has 0 radical (unpaired) electrons. The van der Waals surface area contributed by atoms with E-state index < -0.39 is 0 Å². The van der Waals surface area contributed by atoms with Crippen molar-refractivity contribution in [3.63, 3.8) is 0 Å². The van der Waals surface area contributed by atoms with Crippen LogP contribution in [0.25, 0.3) is 0 Å². The summed E-state index contributed by atoms with van der Waals surface area (Å²) in [7, 11) is 0. The predicted octanol–water partition coefficient (Wildman–Crippen LogP) is 8.27. The molecule has 5 saturated carbocycles. The van der Waals surface area contributed by atoms with E-state index in [-0.39, 0.29) is 5.60 Å². The SMILES string of the molecule is CC(C)[C@H]1CC[C@@H]2[C@]1(C)CC[C@]1(C)[C@H]3CC[C@@]4(C)[C@@H](CC[C@H]5O[C@]54C)[C@]3(C)CC[C@@]21C. The summed E-state index contributed by atoms with van der Waals surface area (Å²) in [6, 6.07) is 0. The van der Waals surface area contributed by atoms with E-state index in [0.717, 1.165) is 29.6 Å². The van der Waals surface area contributed by atoms with Gasteiger partial charge in [0.05, 0.1) is 11.7 Å². The van der Waals surface area contributed by atoms with E-state index in [2.05, 4.69) is 55.4 Å². The van der Waals surface area contributed by atoms with Gasteiger partial charge < -0.3 is 4.74 Å². The molecule has 0 spiro atoms. The van der Waals surface area contributed by atoms with Crippen molar-refractivity contribution in [2.24, 2.45) is 56.7 Å². The lowest BCUT2D eigenvalue weighted by Gasteiger charge is -2.73. The predicted molar refractivity (Wildman–Crippen MR) is 129 cm³/mol. The molecule has 6 rings (SSSR count). The molecule has 176 valence electrons. The highest BCUT2D eigenvalue weighted by Crippen LogP contribution is 2.80. The molecule has 1 nitrogen and oxygen atoms in total. The third-order valence-corrected chi connectivity index (χ3v) is 14.5. The van der Waals surface area contributed by atoms with Crippen molar-refractivity contribution < 1.29 is 4.74 Å². The van der Waals surface area contributed by atoms with Crippen LogP contribution in [0.3, 0.4) is 0 Å². The fourth-order valence-electron chi connectivity index (χ4n) is 12.5. The second kappa shape index (κ2) is 5.95. The van der Waals surface area contributed by atoms with Gasteiger partial charge in [0.15, 0.2) is 0 Å². The summed E-state index contributed by atoms with van der Waals surface area (Å²) >= 11 is 0. The summed E-state index contributed by atoms with van der Waals surface area (Å²) < 4.78 is 6.42. The van der Waals surface area contributed by atoms with E-state index in [1.54, 1.807) is 0 Å². The maximum Gasteiger partial charge on any atom is 0.0976 e. The van der Waals surface area contributed by atoms with Gasteiger partial charge in [0.2, 0.25) is 0 Å². The molecule has 31 heavy (non-hydrogen) atoms. The van der Waals surface area contributed by atoms with Crippen LogP contribution < -0.4 is 0 Å². The summed E-state index contributed by atoms with van der Waals surface area (Å²) in [5, 5.41) is 0. The van der Waals surface area contributed by atoms with Crippen molar-refractivity contribution in [1.82, 2.24) is 0 Å². The highest BCUT2D eigenvalue weighted by atomic mass is 16.6. The van der Waals surface area contributed by atoms with Gasteiger partial charge in [-0.2, -0.15) is 0 Å². The highest BCUT2D eigenvalue weighted by molar-refractivity contribution is 5.24. The van der Waals surface area contributed by atoms with Crippen LogP contribution in [-0.2, 0) is 4.74 Å². The molecule has 1 saturated heterocycles. The second-order valence-electron chi connectivity index (χ2n) is 15.2. The van der Waals surface area contributed by atoms with Crippen molar-refractivity contribution in [3.8, 4) is 0 Å². The second-order valence-corrected chi connectivity index (χ2v) is 15.2. The Hall–Kier alpha value is -0.0400. The molecule has 0 aromatic carbocycles. The van der Waals surface area contributed by atoms with Crippen LogP contribution in [-0.4, -0.2) is 11.7 Å². The Kier molecular flexibility index (Phi) is 4.13. The lowest BCUT2D eigenvalue weighted by molar-refractivity contribution is -0.245. The van der Waals surface area contributed by atoms with Crippen LogP contribution in [0.5, 0.6) is 0 Å². The van der Waals surface area contributed by atoms with E-state index in [4.69, 9.17) is 4.74 Å². The molecule has 0 amide bonds. The molecule has 6 fully saturated rings. The van der Waals surface area contributed by atoms with Crippen LogP contribution in [0, 0.1) is 56.7 Å². The van der Waals surface area contributed by atoms with Crippen molar-refractivity contribution in [2.45, 2.75) is 131 Å². The van der Waals surface area contributed by atoms with E-state index >= 15 is 0 Å². The lowest BCUT2D eigenvalue weighted by Crippen LogP contribution is -2.67. The van der Waals surface area contributed by atoms with Gasteiger partial charge >= 0.3 is 0 Å². The molecule has 0 N–H and O–H groups in total. The fourth-order valence-corrected chi connectivity index (χ4v) is 12.5. The van der Waals surface area contributed by atoms with Crippen molar-refractivity contribution in [2.75, 3.05) is 0 Å². The van der Waals surface area contributed by atoms with Gasteiger partial charge in [0.25, 0.3) is 0 Å². The molecule has 0 unspecified atom stereocenters. The summed E-state index contributed by atoms with van der Waals surface area (Å²) in [6.45, 7) is 21.2. The van der Waals surface area contributed by atoms with Gasteiger partial charge in [-0.05, 0) is 122 Å². The summed E-state index contributed by atoms with van der Waals surface area (Å²) in [4.78, 5) is 0. The molecular weight excluding hydrogens is 376 g/mol. The zero-order valence-corrected chi connectivity index (χ0v) is 21.9. The molecule has 0 aromatic rings. The number of ether oxygens (including phenoxy) is 1. The zero-order valence-electron chi connectivity index (χ0n) is 21.9. The highest BCUT2D eigenvalue weighted by Gasteiger charge is 2.76. The first-order valence-corrected chi connectivity index (χ1v) is 14.0. The Morgan fingerprint density at radius 1 is 0.581 bits per heavy atom. The summed E-state index contributed by atoms with van der Waals surface area (Å²) in [6.07, 6.45) is 15.1. The molecule has 1 heteroatoms. The first-order chi connectivity index (χ1) is 14.4. The van der Waals surface area contributed by atoms with E-state index in [1.165, 1.54) is 64.2 Å². The standard InChI is InChI=1S/C30H50O/c1-19(2)20-9-10-21-25(20,3)15-17-28(6)23-13-14-29(7)22(11-12-24-30(29,8)31-24)26(23,4)16-18-27(21,28)5/h19-24H,9-18H2,1-8H3/t20-,21-,22+,23+,24-,25-,26+,27+,28-,29+,30-/m1/s1. The Morgan fingerprint density at radius 2 is 1.13 bits per heavy atom. The number of epoxide rings is 1. The number of hydrogen-bond acceptors (Lipinski definition) is 1. The van der Waals surface area contributed by atoms with Crippen LogP contribution >= 0.6 is 0 Å². The van der Waals surface area contributed by atoms with Crippen molar-refractivity contribution in [1.29, 1.82) is 0 Å². The molecule has 1 aliphatic heterocycles. The van der Waals surface area contributed by atoms with Gasteiger partial charge in [-0.25, -0.2) is 0 Å². The number of hydrogen-bond donors (Lipinski definition) is 0. The molecule has 6 aliphatic rings. The molecular formula is C30H50O. The van der Waals surface area contributed by atoms with Gasteiger partial charge in [-0.15, -0.1) is 0 Å². The molecule has 5 aliphatic carbocycles. The summed E-state index contributed by atoms with van der Waals surface area (Å²) in [5.74, 6) is 4.53. The average Bonchev–Trinajstić information content (AvgIpc) is 3.25. The minimum absolute atomic E-state index is 0.187. The maximum absolute atomic E-state index is 6.42. The molecule has 1 heterocycles. The van der Waals surface area contributed by atoms with Crippen molar-refractivity contribution >= 4 is 0 Å². The van der Waals surface area contributed by atoms with Crippen LogP contribution in [0.2, 0.25) is 0 Å². The van der Waals surface area contributed by atoms with Crippen molar-refractivity contribution in [3.05, 3.63) is 0 Å². The number of rotatable bonds is 1. The quantitative estimate of drug-likeness (QED) is 0.384. The van der Waals surface area contributed by atoms with Gasteiger partial charge in [0.1, 0.15) is 0 Å². The normalized spacial score (nSPS) is 64.7. The Balaban J connectivity index is 1.38. The average molecular weight is 427 g/mol. The Labute approximate surface area is 192 Å². The molecule has 0 aromatic heterocycles. The van der Waals surface area contributed by atoms with Gasteiger partial charge in [0, 0.05) is 5.41 Å². The topological polar surface area (TPSA) is 12.5 Å². The van der Waals surface area contributed by atoms with E-state index in [0.29, 0.717) is 33.2 Å². The van der Waals surface area contributed by atoms with Gasteiger partial charge in [-0.1, -0.05) is 48.5 Å². The monoisotopic (exact) mass is 426 g/mol. The van der Waals surface area contributed by atoms with Gasteiger partial charge in [-0.3, -0.25) is 0 Å². The third kappa shape index (κ3) is 2.21. The molecule has 0 bridgehead atoms. The Morgan fingerprint density at radius 3 is 1.77 bits per heavy atom. The van der Waals surface area contributed by atoms with Crippen LogP contribution in [0.15, 0.2) is 0 Å². The minimum atomic E-state index is 0.187. The van der Waals surface area contributed by atoms with E-state index in [1.807, 2.05) is 0 Å². The first-order valence-electron chi connectivity index (χ1n) is 14.0. The summed E-state index contributed by atoms with van der Waals surface area (Å²) in [5.41, 5.74) is 2.77. The third-order valence-electron chi connectivity index (χ3n) is 14.5. The Bertz CT molecular complexity index is 787. The van der Waals surface area contributed by atoms with E-state index in [9.17, 15) is 0 Å². The zero-order chi connectivity index (χ0) is 22.2. The fraction of sp³-hybridized carbons (Fsp3) is 1.00. The van der Waals surface area contributed by atoms with Crippen LogP contribution in [0.1, 0.15) is 120 Å². The smallest absolute Gasteiger partial charge is 0.0976 e. The minimum Gasteiger partial charge on any atom is -0.366 e.